The van der Waals surface area contributed by atoms with Gasteiger partial charge in [-0.1, -0.05) is 23.5 Å². The van der Waals surface area contributed by atoms with Crippen molar-refractivity contribution in [2.45, 2.75) is 6.42 Å². The highest BCUT2D eigenvalue weighted by Crippen LogP contribution is 2.27. The number of nitrogens with two attached hydrogens (primary N) is 1. The summed E-state index contributed by atoms with van der Waals surface area (Å²) in [4.78, 5) is 15.6. The van der Waals surface area contributed by atoms with Crippen LogP contribution in [0.1, 0.15) is 5.56 Å². The molecule has 0 fully saturated rings. The highest BCUT2D eigenvalue weighted by molar-refractivity contribution is 7.15. The van der Waals surface area contributed by atoms with Crippen molar-refractivity contribution in [2.24, 2.45) is 0 Å². The number of nitrogen functional groups attached to an aromatic ring is 1. The van der Waals surface area contributed by atoms with Gasteiger partial charge in [-0.25, -0.2) is 0 Å². The number of hydrogen-bond acceptors (Lipinski definition) is 6. The largest absolute Gasteiger partial charge is 0.399 e. The molecule has 0 aliphatic carbocycles. The predicted octanol–water partition coefficient (Wildman–Crippen LogP) is 2.54. The zero-order valence-electron chi connectivity index (χ0n) is 11.0. The van der Waals surface area contributed by atoms with Gasteiger partial charge in [-0.3, -0.25) is 0 Å². The van der Waals surface area contributed by atoms with Gasteiger partial charge in [0.1, 0.15) is 6.20 Å². The van der Waals surface area contributed by atoms with Crippen LogP contribution < -0.4 is 11.1 Å². The van der Waals surface area contributed by atoms with Gasteiger partial charge >= 0.3 is 5.82 Å². The molecule has 0 saturated carbocycles. The Bertz CT molecular complexity index is 778. The second kappa shape index (κ2) is 5.41. The molecule has 7 nitrogen and oxygen atoms in total. The van der Waals surface area contributed by atoms with Crippen molar-refractivity contribution in [3.05, 3.63) is 51.5 Å². The number of nitrogens with one attached hydrogen (secondary N) is 1. The van der Waals surface area contributed by atoms with E-state index in [0.717, 1.165) is 17.7 Å². The summed E-state index contributed by atoms with van der Waals surface area (Å²) < 4.78 is 1.48. The maximum absolute atomic E-state index is 11.2. The minimum Gasteiger partial charge on any atom is -0.399 e. The number of fused-ring (bicyclic) bond motifs is 1. The Morgan fingerprint density at radius 2 is 2.14 bits per heavy atom. The highest BCUT2D eigenvalue weighted by atomic mass is 32.1. The van der Waals surface area contributed by atoms with Crippen LogP contribution in [0.2, 0.25) is 0 Å². The Labute approximate surface area is 124 Å². The zero-order valence-corrected chi connectivity index (χ0v) is 11.8. The van der Waals surface area contributed by atoms with E-state index >= 15 is 0 Å². The van der Waals surface area contributed by atoms with Gasteiger partial charge in [0.15, 0.2) is 0 Å². The maximum Gasteiger partial charge on any atom is 0.372 e. The lowest BCUT2D eigenvalue weighted by atomic mass is 10.1. The molecule has 0 radical (unpaired) electrons. The number of nitro groups is 1. The van der Waals surface area contributed by atoms with E-state index in [1.54, 1.807) is 11.6 Å². The van der Waals surface area contributed by atoms with Crippen molar-refractivity contribution >= 4 is 33.6 Å². The topological polar surface area (TPSA) is 98.5 Å². The average Bonchev–Trinajstić information content (AvgIpc) is 3.00. The molecule has 1 aromatic carbocycles. The normalized spacial score (nSPS) is 10.9. The molecular formula is C13H13N5O2S. The van der Waals surface area contributed by atoms with E-state index in [0.29, 0.717) is 17.3 Å². The van der Waals surface area contributed by atoms with Crippen LogP contribution in [-0.4, -0.2) is 20.9 Å². The molecule has 0 amide bonds. The van der Waals surface area contributed by atoms with Crippen LogP contribution in [0, 0.1) is 10.1 Å². The van der Waals surface area contributed by atoms with Crippen LogP contribution in [0.3, 0.4) is 0 Å². The Balaban J connectivity index is 1.73. The molecule has 3 aromatic rings. The number of nitrogens with zero attached hydrogens (tertiary/aromatic N) is 3. The Morgan fingerprint density at radius 3 is 2.86 bits per heavy atom. The van der Waals surface area contributed by atoms with E-state index in [1.165, 1.54) is 15.7 Å². The third kappa shape index (κ3) is 2.65. The number of anilines is 2. The molecule has 0 unspecified atom stereocenters. The van der Waals surface area contributed by atoms with Crippen LogP contribution in [0.15, 0.2) is 35.8 Å². The fourth-order valence-electron chi connectivity index (χ4n) is 2.08. The molecule has 2 aromatic heterocycles. The van der Waals surface area contributed by atoms with Crippen LogP contribution >= 0.6 is 11.3 Å². The van der Waals surface area contributed by atoms with Gasteiger partial charge < -0.3 is 21.2 Å². The second-order valence-electron chi connectivity index (χ2n) is 4.52. The van der Waals surface area contributed by atoms with Crippen LogP contribution in [0.5, 0.6) is 0 Å². The summed E-state index contributed by atoms with van der Waals surface area (Å²) in [5.41, 5.74) is 7.46. The minimum atomic E-state index is -0.418. The van der Waals surface area contributed by atoms with Gasteiger partial charge in [0, 0.05) is 17.6 Å². The van der Waals surface area contributed by atoms with Gasteiger partial charge in [0.05, 0.1) is 0 Å². The smallest absolute Gasteiger partial charge is 0.372 e. The molecule has 0 aliphatic rings. The molecule has 3 rings (SSSR count). The van der Waals surface area contributed by atoms with Gasteiger partial charge in [-0.2, -0.15) is 9.38 Å². The Kier molecular flexibility index (Phi) is 3.44. The van der Waals surface area contributed by atoms with E-state index in [1.807, 2.05) is 24.3 Å². The molecule has 0 bridgehead atoms. The Morgan fingerprint density at radius 1 is 1.38 bits per heavy atom. The van der Waals surface area contributed by atoms with Gasteiger partial charge in [-0.15, -0.1) is 0 Å². The van der Waals surface area contributed by atoms with E-state index in [9.17, 15) is 10.1 Å². The fraction of sp³-hybridized carbons (Fsp3) is 0.154. The van der Waals surface area contributed by atoms with Gasteiger partial charge in [-0.05, 0) is 29.0 Å². The first-order chi connectivity index (χ1) is 10.1. The number of benzene rings is 1. The fourth-order valence-corrected chi connectivity index (χ4v) is 2.79. The van der Waals surface area contributed by atoms with Gasteiger partial charge in [0.25, 0.3) is 4.96 Å². The van der Waals surface area contributed by atoms with Crippen LogP contribution in [-0.2, 0) is 6.42 Å². The van der Waals surface area contributed by atoms with Crippen LogP contribution in [0.25, 0.3) is 4.96 Å². The molecule has 0 spiro atoms. The summed E-state index contributed by atoms with van der Waals surface area (Å²) in [7, 11) is 0. The first kappa shape index (κ1) is 13.4. The molecule has 0 atom stereocenters. The lowest BCUT2D eigenvalue weighted by Crippen LogP contribution is -2.07. The van der Waals surface area contributed by atoms with Crippen molar-refractivity contribution < 1.29 is 4.92 Å². The summed E-state index contributed by atoms with van der Waals surface area (Å²) in [5, 5.41) is 16.0. The molecule has 21 heavy (non-hydrogen) atoms. The molecule has 8 heteroatoms. The number of thiazole rings is 1. The number of aromatic nitrogens is 2. The number of imidazole rings is 1. The summed E-state index contributed by atoms with van der Waals surface area (Å²) >= 11 is 1.36. The summed E-state index contributed by atoms with van der Waals surface area (Å²) in [6.07, 6.45) is 2.39. The van der Waals surface area contributed by atoms with Crippen molar-refractivity contribution in [3.63, 3.8) is 0 Å². The van der Waals surface area contributed by atoms with Gasteiger partial charge in [0.2, 0.25) is 5.82 Å². The number of hydrogen-bond donors (Lipinski definition) is 2. The second-order valence-corrected chi connectivity index (χ2v) is 5.39. The third-order valence-corrected chi connectivity index (χ3v) is 3.85. The minimum absolute atomic E-state index is 0.0245. The van der Waals surface area contributed by atoms with Crippen molar-refractivity contribution in [1.82, 2.24) is 9.38 Å². The molecule has 0 aliphatic heterocycles. The molecule has 108 valence electrons. The summed E-state index contributed by atoms with van der Waals surface area (Å²) in [6.45, 7) is 0.565. The molecular weight excluding hydrogens is 290 g/mol. The van der Waals surface area contributed by atoms with E-state index in [4.69, 9.17) is 5.73 Å². The van der Waals surface area contributed by atoms with E-state index < -0.39 is 4.92 Å². The first-order valence-corrected chi connectivity index (χ1v) is 7.21. The summed E-state index contributed by atoms with van der Waals surface area (Å²) in [6, 6.07) is 7.56. The highest BCUT2D eigenvalue weighted by Gasteiger charge is 2.22. The van der Waals surface area contributed by atoms with E-state index in [2.05, 4.69) is 10.3 Å². The van der Waals surface area contributed by atoms with Crippen molar-refractivity contribution in [2.75, 3.05) is 17.6 Å². The lowest BCUT2D eigenvalue weighted by molar-refractivity contribution is -0.389. The van der Waals surface area contributed by atoms with Crippen molar-refractivity contribution in [3.8, 4) is 0 Å². The monoisotopic (exact) mass is 303 g/mol. The molecule has 0 saturated heterocycles. The van der Waals surface area contributed by atoms with E-state index in [-0.39, 0.29) is 5.82 Å². The quantitative estimate of drug-likeness (QED) is 0.429. The molecule has 2 heterocycles. The zero-order chi connectivity index (χ0) is 14.8. The lowest BCUT2D eigenvalue weighted by Gasteiger charge is -2.04. The SMILES string of the molecule is Nc1ccc(CCNc2nc3sccn3c2[N+](=O)[O-])cc1. The number of rotatable bonds is 5. The third-order valence-electron chi connectivity index (χ3n) is 3.10. The Hall–Kier alpha value is -2.61. The predicted molar refractivity (Wildman–Crippen MR) is 82.8 cm³/mol. The summed E-state index contributed by atoms with van der Waals surface area (Å²) in [5.74, 6) is 0.283. The van der Waals surface area contributed by atoms with Crippen molar-refractivity contribution in [1.29, 1.82) is 0 Å². The first-order valence-electron chi connectivity index (χ1n) is 6.33. The average molecular weight is 303 g/mol. The maximum atomic E-state index is 11.2. The standard InChI is InChI=1S/C13H13N5O2S/c14-10-3-1-9(2-4-10)5-6-15-11-12(18(19)20)17-7-8-21-13(17)16-11/h1-4,7-8,15H,5-6,14H2. The molecule has 3 N–H and O–H groups in total. The van der Waals surface area contributed by atoms with Crippen LogP contribution in [0.4, 0.5) is 17.3 Å².